The van der Waals surface area contributed by atoms with E-state index in [0.717, 1.165) is 37.9 Å². The van der Waals surface area contributed by atoms with E-state index in [4.69, 9.17) is 16.3 Å². The van der Waals surface area contributed by atoms with Crippen LogP contribution in [0.25, 0.3) is 0 Å². The van der Waals surface area contributed by atoms with Crippen molar-refractivity contribution in [3.05, 3.63) is 34.3 Å². The van der Waals surface area contributed by atoms with E-state index >= 15 is 0 Å². The molecule has 0 bridgehead atoms. The molecule has 2 N–H and O–H groups in total. The van der Waals surface area contributed by atoms with Gasteiger partial charge in [-0.05, 0) is 57.0 Å². The van der Waals surface area contributed by atoms with Crippen LogP contribution >= 0.6 is 11.6 Å². The summed E-state index contributed by atoms with van der Waals surface area (Å²) in [6.45, 7) is 5.31. The summed E-state index contributed by atoms with van der Waals surface area (Å²) in [4.78, 5) is 12.0. The Labute approximate surface area is 131 Å². The van der Waals surface area contributed by atoms with Gasteiger partial charge >= 0.3 is 0 Å². The molecule has 1 saturated heterocycles. The summed E-state index contributed by atoms with van der Waals surface area (Å²) in [6.07, 6.45) is 3.36. The van der Waals surface area contributed by atoms with Crippen molar-refractivity contribution in [1.82, 2.24) is 10.6 Å². The first-order valence-corrected chi connectivity index (χ1v) is 7.91. The van der Waals surface area contributed by atoms with Gasteiger partial charge in [-0.3, -0.25) is 4.79 Å². The second kappa shape index (κ2) is 8.37. The molecule has 1 amide bonds. The van der Waals surface area contributed by atoms with Crippen molar-refractivity contribution in [2.45, 2.75) is 32.3 Å². The predicted octanol–water partition coefficient (Wildman–Crippen LogP) is 2.54. The number of nitrogens with one attached hydrogen (secondary N) is 2. The lowest BCUT2D eigenvalue weighted by Crippen LogP contribution is -2.33. The van der Waals surface area contributed by atoms with E-state index in [-0.39, 0.29) is 5.91 Å². The summed E-state index contributed by atoms with van der Waals surface area (Å²) in [6, 6.07) is 5.36. The molecule has 4 nitrogen and oxygen atoms in total. The largest absolute Gasteiger partial charge is 0.378 e. The van der Waals surface area contributed by atoms with Crippen LogP contribution in [0.1, 0.15) is 35.2 Å². The molecule has 1 aromatic carbocycles. The Balaban J connectivity index is 1.63. The molecule has 1 heterocycles. The van der Waals surface area contributed by atoms with Gasteiger partial charge in [-0.25, -0.2) is 0 Å². The number of amides is 1. The van der Waals surface area contributed by atoms with E-state index < -0.39 is 0 Å². The van der Waals surface area contributed by atoms with Crippen molar-refractivity contribution in [3.8, 4) is 0 Å². The number of carbonyl (C=O) groups is 1. The first-order valence-electron chi connectivity index (χ1n) is 7.53. The molecule has 1 aromatic rings. The third kappa shape index (κ3) is 5.30. The van der Waals surface area contributed by atoms with Crippen LogP contribution in [0.4, 0.5) is 0 Å². The average molecular weight is 311 g/mol. The van der Waals surface area contributed by atoms with Crippen LogP contribution in [0.5, 0.6) is 0 Å². The molecule has 0 spiro atoms. The first-order chi connectivity index (χ1) is 10.2. The molecule has 0 aromatic heterocycles. The lowest BCUT2D eigenvalue weighted by molar-refractivity contribution is 0.0318. The van der Waals surface area contributed by atoms with Crippen LogP contribution < -0.4 is 10.6 Å². The fourth-order valence-corrected chi connectivity index (χ4v) is 2.50. The molecule has 1 aliphatic rings. The minimum absolute atomic E-state index is 0.0845. The minimum Gasteiger partial charge on any atom is -0.378 e. The molecule has 0 aliphatic carbocycles. The molecule has 1 fully saturated rings. The number of ether oxygens (including phenoxy) is 1. The van der Waals surface area contributed by atoms with Crippen molar-refractivity contribution in [1.29, 1.82) is 0 Å². The molecular weight excluding hydrogens is 288 g/mol. The van der Waals surface area contributed by atoms with Crippen molar-refractivity contribution < 1.29 is 9.53 Å². The normalized spacial score (nSPS) is 15.9. The van der Waals surface area contributed by atoms with Gasteiger partial charge in [0.25, 0.3) is 5.91 Å². The zero-order chi connectivity index (χ0) is 15.1. The zero-order valence-corrected chi connectivity index (χ0v) is 13.2. The van der Waals surface area contributed by atoms with E-state index in [9.17, 15) is 4.79 Å². The highest BCUT2D eigenvalue weighted by atomic mass is 35.5. The van der Waals surface area contributed by atoms with Crippen LogP contribution in [0, 0.1) is 6.92 Å². The van der Waals surface area contributed by atoms with Gasteiger partial charge in [-0.15, -0.1) is 0 Å². The van der Waals surface area contributed by atoms with Gasteiger partial charge < -0.3 is 15.4 Å². The highest BCUT2D eigenvalue weighted by molar-refractivity contribution is 6.31. The van der Waals surface area contributed by atoms with Gasteiger partial charge in [0.1, 0.15) is 0 Å². The summed E-state index contributed by atoms with van der Waals surface area (Å²) >= 11 is 6.02. The van der Waals surface area contributed by atoms with E-state index in [1.54, 1.807) is 12.1 Å². The van der Waals surface area contributed by atoms with E-state index in [1.165, 1.54) is 0 Å². The SMILES string of the molecule is Cc1ccc(C(=O)NCCCOC2CCNCC2)cc1Cl. The second-order valence-electron chi connectivity index (χ2n) is 5.39. The van der Waals surface area contributed by atoms with Crippen LogP contribution in [0.2, 0.25) is 5.02 Å². The summed E-state index contributed by atoms with van der Waals surface area (Å²) in [5.41, 5.74) is 1.58. The molecule has 21 heavy (non-hydrogen) atoms. The fourth-order valence-electron chi connectivity index (χ4n) is 2.32. The maximum absolute atomic E-state index is 12.0. The van der Waals surface area contributed by atoms with E-state index in [2.05, 4.69) is 10.6 Å². The fraction of sp³-hybridized carbons (Fsp3) is 0.562. The molecular formula is C16H23ClN2O2. The quantitative estimate of drug-likeness (QED) is 0.794. The Hall–Kier alpha value is -1.10. The Bertz CT molecular complexity index is 473. The summed E-state index contributed by atoms with van der Waals surface area (Å²) < 4.78 is 5.79. The zero-order valence-electron chi connectivity index (χ0n) is 12.5. The number of hydrogen-bond acceptors (Lipinski definition) is 3. The van der Waals surface area contributed by atoms with Gasteiger partial charge in [0.2, 0.25) is 0 Å². The third-order valence-corrected chi connectivity index (χ3v) is 4.09. The highest BCUT2D eigenvalue weighted by Gasteiger charge is 2.12. The van der Waals surface area contributed by atoms with E-state index in [0.29, 0.717) is 29.8 Å². The van der Waals surface area contributed by atoms with Crippen molar-refractivity contribution in [2.75, 3.05) is 26.2 Å². The van der Waals surface area contributed by atoms with Gasteiger partial charge in [-0.1, -0.05) is 17.7 Å². The van der Waals surface area contributed by atoms with E-state index in [1.807, 2.05) is 13.0 Å². The molecule has 0 radical (unpaired) electrons. The Morgan fingerprint density at radius 3 is 2.90 bits per heavy atom. The van der Waals surface area contributed by atoms with Crippen LogP contribution in [0.15, 0.2) is 18.2 Å². The smallest absolute Gasteiger partial charge is 0.251 e. The van der Waals surface area contributed by atoms with Crippen molar-refractivity contribution in [2.24, 2.45) is 0 Å². The van der Waals surface area contributed by atoms with Crippen LogP contribution in [-0.2, 0) is 4.74 Å². The molecule has 5 heteroatoms. The van der Waals surface area contributed by atoms with Gasteiger partial charge in [0.15, 0.2) is 0 Å². The standard InChI is InChI=1S/C16H23ClN2O2/c1-12-3-4-13(11-15(12)17)16(20)19-7-2-10-21-14-5-8-18-9-6-14/h3-4,11,14,18H,2,5-10H2,1H3,(H,19,20). The number of carbonyl (C=O) groups excluding carboxylic acids is 1. The number of hydrogen-bond donors (Lipinski definition) is 2. The van der Waals surface area contributed by atoms with Crippen LogP contribution in [-0.4, -0.2) is 38.3 Å². The third-order valence-electron chi connectivity index (χ3n) is 3.68. The Kier molecular flexibility index (Phi) is 6.49. The number of rotatable bonds is 6. The monoisotopic (exact) mass is 310 g/mol. The highest BCUT2D eigenvalue weighted by Crippen LogP contribution is 2.16. The maximum atomic E-state index is 12.0. The lowest BCUT2D eigenvalue weighted by atomic mass is 10.1. The summed E-state index contributed by atoms with van der Waals surface area (Å²) in [5, 5.41) is 6.83. The molecule has 2 rings (SSSR count). The Morgan fingerprint density at radius 1 is 1.43 bits per heavy atom. The molecule has 1 aliphatic heterocycles. The number of halogens is 1. The number of benzene rings is 1. The van der Waals surface area contributed by atoms with Gasteiger partial charge in [-0.2, -0.15) is 0 Å². The summed E-state index contributed by atoms with van der Waals surface area (Å²) in [7, 11) is 0. The first kappa shape index (κ1) is 16.3. The van der Waals surface area contributed by atoms with Crippen LogP contribution in [0.3, 0.4) is 0 Å². The Morgan fingerprint density at radius 2 is 2.19 bits per heavy atom. The second-order valence-corrected chi connectivity index (χ2v) is 5.80. The van der Waals surface area contributed by atoms with Crippen molar-refractivity contribution in [3.63, 3.8) is 0 Å². The van der Waals surface area contributed by atoms with Gasteiger partial charge in [0, 0.05) is 23.7 Å². The summed E-state index contributed by atoms with van der Waals surface area (Å²) in [5.74, 6) is -0.0845. The maximum Gasteiger partial charge on any atom is 0.251 e. The lowest BCUT2D eigenvalue weighted by Gasteiger charge is -2.22. The molecule has 116 valence electrons. The predicted molar refractivity (Wildman–Crippen MR) is 85.0 cm³/mol. The minimum atomic E-state index is -0.0845. The average Bonchev–Trinajstić information content (AvgIpc) is 2.50. The van der Waals surface area contributed by atoms with Crippen molar-refractivity contribution >= 4 is 17.5 Å². The number of piperidine rings is 1. The number of aryl methyl sites for hydroxylation is 1. The van der Waals surface area contributed by atoms with Gasteiger partial charge in [0.05, 0.1) is 6.10 Å². The molecule has 0 atom stereocenters. The molecule has 0 unspecified atom stereocenters. The topological polar surface area (TPSA) is 50.4 Å². The molecule has 0 saturated carbocycles.